The molecular weight excluding hydrogens is 310 g/mol. The molecule has 1 aliphatic rings. The summed E-state index contributed by atoms with van der Waals surface area (Å²) in [5.41, 5.74) is 4.83. The molecule has 2 aromatic carbocycles. The van der Waals surface area contributed by atoms with Crippen LogP contribution in [-0.2, 0) is 6.42 Å². The van der Waals surface area contributed by atoms with Gasteiger partial charge in [0.25, 0.3) is 0 Å². The van der Waals surface area contributed by atoms with Crippen LogP contribution in [-0.4, -0.2) is 15.8 Å². The summed E-state index contributed by atoms with van der Waals surface area (Å²) < 4.78 is 0. The Bertz CT molecular complexity index is 921. The van der Waals surface area contributed by atoms with Crippen molar-refractivity contribution < 1.29 is 4.79 Å². The highest BCUT2D eigenvalue weighted by atomic mass is 16.1. The minimum Gasteiger partial charge on any atom is -0.324 e. The van der Waals surface area contributed by atoms with Gasteiger partial charge in [-0.2, -0.15) is 0 Å². The van der Waals surface area contributed by atoms with Gasteiger partial charge < -0.3 is 5.32 Å². The molecule has 0 aliphatic heterocycles. The molecule has 0 unspecified atom stereocenters. The first kappa shape index (κ1) is 15.5. The van der Waals surface area contributed by atoms with Crippen molar-refractivity contribution in [1.29, 1.82) is 0 Å². The van der Waals surface area contributed by atoms with E-state index < -0.39 is 0 Å². The zero-order valence-corrected chi connectivity index (χ0v) is 14.1. The Kier molecular flexibility index (Phi) is 4.02. The standard InChI is InChI=1S/C21H19N3O/c1-14-6-5-7-15(10-14)16-11-19-18(20(25)12-16)13-22-21(24-19)23-17-8-3-2-4-9-17/h2-10,13,16H,11-12H2,1H3,(H,22,23,24)/t16-/m0/s1. The largest absolute Gasteiger partial charge is 0.324 e. The molecular formula is C21H19N3O. The van der Waals surface area contributed by atoms with Gasteiger partial charge in [-0.3, -0.25) is 4.79 Å². The fourth-order valence-electron chi connectivity index (χ4n) is 3.32. The van der Waals surface area contributed by atoms with E-state index in [1.807, 2.05) is 36.4 Å². The van der Waals surface area contributed by atoms with Gasteiger partial charge in [-0.15, -0.1) is 0 Å². The summed E-state index contributed by atoms with van der Waals surface area (Å²) in [4.78, 5) is 21.4. The third-order valence-corrected chi connectivity index (χ3v) is 4.58. The lowest BCUT2D eigenvalue weighted by Crippen LogP contribution is -2.21. The summed E-state index contributed by atoms with van der Waals surface area (Å²) in [6.07, 6.45) is 2.93. The number of fused-ring (bicyclic) bond motifs is 1. The predicted octanol–water partition coefficient (Wildman–Crippen LogP) is 4.44. The monoisotopic (exact) mass is 329 g/mol. The molecule has 0 saturated carbocycles. The van der Waals surface area contributed by atoms with E-state index >= 15 is 0 Å². The Balaban J connectivity index is 1.63. The summed E-state index contributed by atoms with van der Waals surface area (Å²) in [6, 6.07) is 18.2. The molecule has 25 heavy (non-hydrogen) atoms. The topological polar surface area (TPSA) is 54.9 Å². The van der Waals surface area contributed by atoms with Gasteiger partial charge in [-0.05, 0) is 37.0 Å². The minimum atomic E-state index is 0.124. The van der Waals surface area contributed by atoms with Crippen molar-refractivity contribution in [3.63, 3.8) is 0 Å². The van der Waals surface area contributed by atoms with E-state index in [-0.39, 0.29) is 11.7 Å². The maximum atomic E-state index is 12.5. The Morgan fingerprint density at radius 1 is 1.04 bits per heavy atom. The third-order valence-electron chi connectivity index (χ3n) is 4.58. The summed E-state index contributed by atoms with van der Waals surface area (Å²) >= 11 is 0. The highest BCUT2D eigenvalue weighted by molar-refractivity contribution is 5.98. The smallest absolute Gasteiger partial charge is 0.227 e. The molecule has 4 heteroatoms. The lowest BCUT2D eigenvalue weighted by atomic mass is 9.82. The number of benzene rings is 2. The maximum Gasteiger partial charge on any atom is 0.227 e. The number of hydrogen-bond donors (Lipinski definition) is 1. The van der Waals surface area contributed by atoms with Crippen LogP contribution in [0.2, 0.25) is 0 Å². The zero-order valence-electron chi connectivity index (χ0n) is 14.1. The van der Waals surface area contributed by atoms with Crippen molar-refractivity contribution in [3.8, 4) is 0 Å². The number of hydrogen-bond acceptors (Lipinski definition) is 4. The van der Waals surface area contributed by atoms with Crippen molar-refractivity contribution in [2.24, 2.45) is 0 Å². The van der Waals surface area contributed by atoms with Crippen LogP contribution in [0.1, 0.15) is 39.5 Å². The second-order valence-electron chi connectivity index (χ2n) is 6.49. The number of para-hydroxylation sites is 1. The van der Waals surface area contributed by atoms with E-state index in [1.54, 1.807) is 6.20 Å². The molecule has 1 heterocycles. The molecule has 4 nitrogen and oxygen atoms in total. The average molecular weight is 329 g/mol. The van der Waals surface area contributed by atoms with E-state index in [2.05, 4.69) is 40.4 Å². The van der Waals surface area contributed by atoms with Crippen LogP contribution < -0.4 is 5.32 Å². The molecule has 3 aromatic rings. The Morgan fingerprint density at radius 2 is 1.88 bits per heavy atom. The average Bonchev–Trinajstić information content (AvgIpc) is 2.62. The number of Topliss-reactive ketones (excluding diaryl/α,β-unsaturated/α-hetero) is 1. The number of carbonyl (C=O) groups excluding carboxylic acids is 1. The number of rotatable bonds is 3. The van der Waals surface area contributed by atoms with Crippen molar-refractivity contribution in [3.05, 3.63) is 83.2 Å². The van der Waals surface area contributed by atoms with Gasteiger partial charge in [0.15, 0.2) is 5.78 Å². The van der Waals surface area contributed by atoms with E-state index in [1.165, 1.54) is 11.1 Å². The first-order valence-electron chi connectivity index (χ1n) is 8.47. The molecule has 124 valence electrons. The van der Waals surface area contributed by atoms with E-state index in [9.17, 15) is 4.79 Å². The number of nitrogens with one attached hydrogen (secondary N) is 1. The summed E-state index contributed by atoms with van der Waals surface area (Å²) in [7, 11) is 0. The van der Waals surface area contributed by atoms with E-state index in [0.717, 1.165) is 17.8 Å². The number of anilines is 2. The van der Waals surface area contributed by atoms with Gasteiger partial charge in [0.1, 0.15) is 0 Å². The van der Waals surface area contributed by atoms with Crippen LogP contribution >= 0.6 is 0 Å². The van der Waals surface area contributed by atoms with Crippen molar-refractivity contribution in [1.82, 2.24) is 9.97 Å². The molecule has 0 amide bonds. The molecule has 0 spiro atoms. The van der Waals surface area contributed by atoms with E-state index in [0.29, 0.717) is 17.9 Å². The molecule has 1 N–H and O–H groups in total. The van der Waals surface area contributed by atoms with Gasteiger partial charge in [0.05, 0.1) is 11.3 Å². The maximum absolute atomic E-state index is 12.5. The minimum absolute atomic E-state index is 0.124. The molecule has 1 aromatic heterocycles. The molecule has 0 saturated heterocycles. The van der Waals surface area contributed by atoms with Crippen LogP contribution in [0, 0.1) is 6.92 Å². The van der Waals surface area contributed by atoms with Gasteiger partial charge in [0, 0.05) is 18.3 Å². The molecule has 0 fully saturated rings. The number of nitrogens with zero attached hydrogens (tertiary/aromatic N) is 2. The number of aryl methyl sites for hydroxylation is 1. The normalized spacial score (nSPS) is 16.4. The number of ketones is 1. The van der Waals surface area contributed by atoms with Crippen LogP contribution in [0.3, 0.4) is 0 Å². The summed E-state index contributed by atoms with van der Waals surface area (Å²) in [5.74, 6) is 0.834. The molecule has 1 atom stereocenters. The highest BCUT2D eigenvalue weighted by Crippen LogP contribution is 2.32. The number of aromatic nitrogens is 2. The summed E-state index contributed by atoms with van der Waals surface area (Å²) in [5, 5.41) is 3.20. The summed E-state index contributed by atoms with van der Waals surface area (Å²) in [6.45, 7) is 2.08. The van der Waals surface area contributed by atoms with Gasteiger partial charge in [-0.25, -0.2) is 9.97 Å². The fraction of sp³-hybridized carbons (Fsp3) is 0.190. The Labute approximate surface area is 147 Å². The van der Waals surface area contributed by atoms with E-state index in [4.69, 9.17) is 0 Å². The van der Waals surface area contributed by atoms with Crippen LogP contribution in [0.15, 0.2) is 60.8 Å². The first-order valence-corrected chi connectivity index (χ1v) is 8.47. The molecule has 1 aliphatic carbocycles. The SMILES string of the molecule is Cc1cccc([C@@H]2CC(=O)c3cnc(Nc4ccccc4)nc3C2)c1. The van der Waals surface area contributed by atoms with Crippen molar-refractivity contribution in [2.45, 2.75) is 25.7 Å². The van der Waals surface area contributed by atoms with Crippen LogP contribution in [0.25, 0.3) is 0 Å². The Hall–Kier alpha value is -3.01. The molecule has 4 rings (SSSR count). The molecule has 0 radical (unpaired) electrons. The van der Waals surface area contributed by atoms with Gasteiger partial charge >= 0.3 is 0 Å². The van der Waals surface area contributed by atoms with Crippen molar-refractivity contribution in [2.75, 3.05) is 5.32 Å². The quantitative estimate of drug-likeness (QED) is 0.772. The lowest BCUT2D eigenvalue weighted by molar-refractivity contribution is 0.0962. The highest BCUT2D eigenvalue weighted by Gasteiger charge is 2.28. The zero-order chi connectivity index (χ0) is 17.2. The van der Waals surface area contributed by atoms with Gasteiger partial charge in [-0.1, -0.05) is 48.0 Å². The second-order valence-corrected chi connectivity index (χ2v) is 6.49. The lowest BCUT2D eigenvalue weighted by Gasteiger charge is -2.23. The Morgan fingerprint density at radius 3 is 2.68 bits per heavy atom. The third kappa shape index (κ3) is 3.29. The molecule has 0 bridgehead atoms. The fourth-order valence-corrected chi connectivity index (χ4v) is 3.32. The van der Waals surface area contributed by atoms with Crippen LogP contribution in [0.5, 0.6) is 0 Å². The number of carbonyl (C=O) groups is 1. The predicted molar refractivity (Wildman–Crippen MR) is 98.3 cm³/mol. The van der Waals surface area contributed by atoms with Crippen molar-refractivity contribution >= 4 is 17.4 Å². The second kappa shape index (κ2) is 6.48. The van der Waals surface area contributed by atoms with Gasteiger partial charge in [0.2, 0.25) is 5.95 Å². The first-order chi connectivity index (χ1) is 12.2. The van der Waals surface area contributed by atoms with Crippen LogP contribution in [0.4, 0.5) is 11.6 Å².